The standard InChI is InChI=1S/C13H26O3/c1-4-7-13(3,9-10-14)8-6-12(15)11-16-5-2/h14H,4-11H2,1-3H3. The van der Waals surface area contributed by atoms with Crippen LogP contribution in [0.1, 0.15) is 52.9 Å². The highest BCUT2D eigenvalue weighted by Crippen LogP contribution is 2.32. The molecule has 0 aromatic carbocycles. The molecule has 0 spiro atoms. The van der Waals surface area contributed by atoms with Gasteiger partial charge in [-0.3, -0.25) is 4.79 Å². The molecule has 0 heterocycles. The third-order valence-electron chi connectivity index (χ3n) is 3.04. The van der Waals surface area contributed by atoms with E-state index in [1.54, 1.807) is 0 Å². The Kier molecular flexibility index (Phi) is 8.49. The Morgan fingerprint density at radius 1 is 1.25 bits per heavy atom. The fourth-order valence-corrected chi connectivity index (χ4v) is 1.98. The van der Waals surface area contributed by atoms with E-state index in [0.29, 0.717) is 13.0 Å². The van der Waals surface area contributed by atoms with E-state index in [4.69, 9.17) is 9.84 Å². The average molecular weight is 230 g/mol. The maximum Gasteiger partial charge on any atom is 0.158 e. The van der Waals surface area contributed by atoms with Crippen LogP contribution in [0.25, 0.3) is 0 Å². The number of hydrogen-bond donors (Lipinski definition) is 1. The molecule has 0 saturated carbocycles. The molecular weight excluding hydrogens is 204 g/mol. The lowest BCUT2D eigenvalue weighted by Gasteiger charge is -2.28. The van der Waals surface area contributed by atoms with Crippen LogP contribution in [0.2, 0.25) is 0 Å². The van der Waals surface area contributed by atoms with Crippen LogP contribution in [0, 0.1) is 5.41 Å². The highest BCUT2D eigenvalue weighted by atomic mass is 16.5. The van der Waals surface area contributed by atoms with Gasteiger partial charge in [0.1, 0.15) is 6.61 Å². The quantitative estimate of drug-likeness (QED) is 0.627. The van der Waals surface area contributed by atoms with Gasteiger partial charge in [0.2, 0.25) is 0 Å². The largest absolute Gasteiger partial charge is 0.396 e. The fraction of sp³-hybridized carbons (Fsp3) is 0.923. The van der Waals surface area contributed by atoms with Crippen LogP contribution in [-0.4, -0.2) is 30.7 Å². The van der Waals surface area contributed by atoms with E-state index in [-0.39, 0.29) is 24.4 Å². The zero-order valence-electron chi connectivity index (χ0n) is 10.9. The molecule has 1 unspecified atom stereocenters. The van der Waals surface area contributed by atoms with Crippen molar-refractivity contribution < 1.29 is 14.6 Å². The van der Waals surface area contributed by atoms with Gasteiger partial charge in [0.05, 0.1) is 0 Å². The number of Topliss-reactive ketones (excluding diaryl/α,β-unsaturated/α-hetero) is 1. The van der Waals surface area contributed by atoms with Crippen molar-refractivity contribution in [2.75, 3.05) is 19.8 Å². The molecule has 0 amide bonds. The number of carbonyl (C=O) groups is 1. The van der Waals surface area contributed by atoms with E-state index >= 15 is 0 Å². The van der Waals surface area contributed by atoms with Crippen LogP contribution in [0.3, 0.4) is 0 Å². The number of ether oxygens (including phenoxy) is 1. The minimum Gasteiger partial charge on any atom is -0.396 e. The molecule has 0 aromatic rings. The zero-order valence-corrected chi connectivity index (χ0v) is 10.9. The summed E-state index contributed by atoms with van der Waals surface area (Å²) in [6, 6.07) is 0. The number of aliphatic hydroxyl groups excluding tert-OH is 1. The minimum atomic E-state index is 0.103. The normalized spacial score (nSPS) is 14.8. The summed E-state index contributed by atoms with van der Waals surface area (Å²) in [7, 11) is 0. The van der Waals surface area contributed by atoms with E-state index in [9.17, 15) is 4.79 Å². The van der Waals surface area contributed by atoms with Gasteiger partial charge in [-0.05, 0) is 31.6 Å². The molecule has 1 N–H and O–H groups in total. The van der Waals surface area contributed by atoms with Crippen molar-refractivity contribution in [3.63, 3.8) is 0 Å². The second kappa shape index (κ2) is 8.71. The smallest absolute Gasteiger partial charge is 0.158 e. The molecule has 0 aliphatic carbocycles. The first-order valence-corrected chi connectivity index (χ1v) is 6.28. The Morgan fingerprint density at radius 3 is 2.44 bits per heavy atom. The summed E-state index contributed by atoms with van der Waals surface area (Å²) < 4.78 is 5.08. The number of aliphatic hydroxyl groups is 1. The second-order valence-corrected chi connectivity index (χ2v) is 4.71. The Labute approximate surface area is 99.2 Å². The molecule has 0 bridgehead atoms. The Morgan fingerprint density at radius 2 is 1.94 bits per heavy atom. The summed E-state index contributed by atoms with van der Waals surface area (Å²) in [5.41, 5.74) is 0.103. The molecule has 3 nitrogen and oxygen atoms in total. The van der Waals surface area contributed by atoms with Crippen molar-refractivity contribution >= 4 is 5.78 Å². The number of ketones is 1. The molecule has 0 saturated heterocycles. The highest BCUT2D eigenvalue weighted by molar-refractivity contribution is 5.79. The lowest BCUT2D eigenvalue weighted by atomic mass is 9.78. The topological polar surface area (TPSA) is 46.5 Å². The van der Waals surface area contributed by atoms with Gasteiger partial charge in [-0.25, -0.2) is 0 Å². The second-order valence-electron chi connectivity index (χ2n) is 4.71. The molecule has 0 aromatic heterocycles. The lowest BCUT2D eigenvalue weighted by Crippen LogP contribution is -2.20. The van der Waals surface area contributed by atoms with Gasteiger partial charge in [-0.15, -0.1) is 0 Å². The summed E-state index contributed by atoms with van der Waals surface area (Å²) in [6.45, 7) is 7.21. The van der Waals surface area contributed by atoms with Gasteiger partial charge in [0, 0.05) is 19.6 Å². The Hall–Kier alpha value is -0.410. The van der Waals surface area contributed by atoms with Gasteiger partial charge in [0.15, 0.2) is 5.78 Å². The molecule has 96 valence electrons. The Bertz CT molecular complexity index is 184. The average Bonchev–Trinajstić information content (AvgIpc) is 2.24. The molecule has 0 fully saturated rings. The van der Waals surface area contributed by atoms with Crippen LogP contribution in [0.15, 0.2) is 0 Å². The first-order chi connectivity index (χ1) is 7.58. The first-order valence-electron chi connectivity index (χ1n) is 6.28. The number of carbonyl (C=O) groups excluding carboxylic acids is 1. The molecule has 0 aliphatic rings. The van der Waals surface area contributed by atoms with Crippen molar-refractivity contribution in [1.82, 2.24) is 0 Å². The molecule has 0 aliphatic heterocycles. The molecular formula is C13H26O3. The van der Waals surface area contributed by atoms with Crippen LogP contribution in [0.5, 0.6) is 0 Å². The summed E-state index contributed by atoms with van der Waals surface area (Å²) in [5.74, 6) is 0.169. The van der Waals surface area contributed by atoms with Crippen molar-refractivity contribution in [2.45, 2.75) is 52.9 Å². The summed E-state index contributed by atoms with van der Waals surface area (Å²) >= 11 is 0. The monoisotopic (exact) mass is 230 g/mol. The molecule has 1 atom stereocenters. The molecule has 0 rings (SSSR count). The van der Waals surface area contributed by atoms with Crippen molar-refractivity contribution in [1.29, 1.82) is 0 Å². The van der Waals surface area contributed by atoms with E-state index < -0.39 is 0 Å². The Balaban J connectivity index is 3.95. The van der Waals surface area contributed by atoms with Gasteiger partial charge in [-0.2, -0.15) is 0 Å². The fourth-order valence-electron chi connectivity index (χ4n) is 1.98. The summed E-state index contributed by atoms with van der Waals surface area (Å²) in [6.07, 6.45) is 4.36. The summed E-state index contributed by atoms with van der Waals surface area (Å²) in [4.78, 5) is 11.5. The molecule has 3 heteroatoms. The van der Waals surface area contributed by atoms with E-state index in [1.165, 1.54) is 0 Å². The van der Waals surface area contributed by atoms with Gasteiger partial charge < -0.3 is 9.84 Å². The van der Waals surface area contributed by atoms with Gasteiger partial charge >= 0.3 is 0 Å². The van der Waals surface area contributed by atoms with Gasteiger partial charge in [-0.1, -0.05) is 20.3 Å². The first kappa shape index (κ1) is 15.6. The summed E-state index contributed by atoms with van der Waals surface area (Å²) in [5, 5.41) is 9.03. The van der Waals surface area contributed by atoms with Crippen LogP contribution >= 0.6 is 0 Å². The third kappa shape index (κ3) is 6.96. The van der Waals surface area contributed by atoms with E-state index in [2.05, 4.69) is 13.8 Å². The molecule has 16 heavy (non-hydrogen) atoms. The molecule has 0 radical (unpaired) electrons. The lowest BCUT2D eigenvalue weighted by molar-refractivity contribution is -0.124. The third-order valence-corrected chi connectivity index (χ3v) is 3.04. The predicted octanol–water partition coefficient (Wildman–Crippen LogP) is 2.56. The maximum atomic E-state index is 11.5. The minimum absolute atomic E-state index is 0.103. The van der Waals surface area contributed by atoms with Crippen LogP contribution < -0.4 is 0 Å². The van der Waals surface area contributed by atoms with Gasteiger partial charge in [0.25, 0.3) is 0 Å². The SMILES string of the molecule is CCCC(C)(CCO)CCC(=O)COCC. The number of rotatable bonds is 10. The van der Waals surface area contributed by atoms with E-state index in [0.717, 1.165) is 25.7 Å². The maximum absolute atomic E-state index is 11.5. The number of hydrogen-bond acceptors (Lipinski definition) is 3. The van der Waals surface area contributed by atoms with Crippen LogP contribution in [-0.2, 0) is 9.53 Å². The highest BCUT2D eigenvalue weighted by Gasteiger charge is 2.23. The van der Waals surface area contributed by atoms with Crippen molar-refractivity contribution in [3.05, 3.63) is 0 Å². The van der Waals surface area contributed by atoms with Crippen molar-refractivity contribution in [2.24, 2.45) is 5.41 Å². The van der Waals surface area contributed by atoms with Crippen LogP contribution in [0.4, 0.5) is 0 Å². The zero-order chi connectivity index (χ0) is 12.4. The van der Waals surface area contributed by atoms with Crippen molar-refractivity contribution in [3.8, 4) is 0 Å². The predicted molar refractivity (Wildman–Crippen MR) is 65.5 cm³/mol. The van der Waals surface area contributed by atoms with E-state index in [1.807, 2.05) is 6.92 Å².